The Hall–Kier alpha value is -2.62. The highest BCUT2D eigenvalue weighted by Crippen LogP contribution is 2.13. The zero-order valence-corrected chi connectivity index (χ0v) is 14.3. The SMILES string of the molecule is CCCCNC(=O)c1cccc(C(=O)Nc2ccc(CC)cc2)c1. The van der Waals surface area contributed by atoms with Crippen molar-refractivity contribution in [1.29, 1.82) is 0 Å². The molecule has 2 rings (SSSR count). The number of benzene rings is 2. The molecule has 0 saturated carbocycles. The molecule has 0 atom stereocenters. The molecule has 2 aromatic rings. The number of rotatable bonds is 7. The summed E-state index contributed by atoms with van der Waals surface area (Å²) < 4.78 is 0. The average molecular weight is 324 g/mol. The quantitative estimate of drug-likeness (QED) is 0.755. The Balaban J connectivity index is 2.03. The molecule has 126 valence electrons. The van der Waals surface area contributed by atoms with Crippen molar-refractivity contribution in [3.63, 3.8) is 0 Å². The van der Waals surface area contributed by atoms with Crippen molar-refractivity contribution in [2.45, 2.75) is 33.1 Å². The Kier molecular flexibility index (Phi) is 6.55. The maximum atomic E-state index is 12.4. The number of carbonyl (C=O) groups is 2. The average Bonchev–Trinajstić information content (AvgIpc) is 2.62. The van der Waals surface area contributed by atoms with Gasteiger partial charge in [0.1, 0.15) is 0 Å². The summed E-state index contributed by atoms with van der Waals surface area (Å²) in [6.07, 6.45) is 2.93. The number of aryl methyl sites for hydroxylation is 1. The van der Waals surface area contributed by atoms with Gasteiger partial charge in [-0.3, -0.25) is 9.59 Å². The van der Waals surface area contributed by atoms with Gasteiger partial charge >= 0.3 is 0 Å². The second kappa shape index (κ2) is 8.87. The molecular formula is C20H24N2O2. The van der Waals surface area contributed by atoms with E-state index in [4.69, 9.17) is 0 Å². The third kappa shape index (κ3) is 4.95. The summed E-state index contributed by atoms with van der Waals surface area (Å²) in [6, 6.07) is 14.5. The van der Waals surface area contributed by atoms with Gasteiger partial charge in [0.2, 0.25) is 0 Å². The summed E-state index contributed by atoms with van der Waals surface area (Å²) in [5.41, 5.74) is 2.94. The molecule has 4 heteroatoms. The van der Waals surface area contributed by atoms with Crippen LogP contribution in [0.15, 0.2) is 48.5 Å². The fourth-order valence-corrected chi connectivity index (χ4v) is 2.31. The van der Waals surface area contributed by atoms with Gasteiger partial charge in [0.05, 0.1) is 0 Å². The molecule has 0 fully saturated rings. The van der Waals surface area contributed by atoms with Crippen molar-refractivity contribution in [2.24, 2.45) is 0 Å². The summed E-state index contributed by atoms with van der Waals surface area (Å²) in [5.74, 6) is -0.368. The largest absolute Gasteiger partial charge is 0.352 e. The fraction of sp³-hybridized carbons (Fsp3) is 0.300. The maximum absolute atomic E-state index is 12.4. The Bertz CT molecular complexity index is 693. The summed E-state index contributed by atoms with van der Waals surface area (Å²) in [4.78, 5) is 24.4. The molecule has 0 aliphatic heterocycles. The lowest BCUT2D eigenvalue weighted by Gasteiger charge is -2.08. The first-order valence-electron chi connectivity index (χ1n) is 8.42. The number of unbranched alkanes of at least 4 members (excludes halogenated alkanes) is 1. The number of carbonyl (C=O) groups excluding carboxylic acids is 2. The summed E-state index contributed by atoms with van der Waals surface area (Å²) in [7, 11) is 0. The van der Waals surface area contributed by atoms with Crippen LogP contribution < -0.4 is 10.6 Å². The molecule has 4 nitrogen and oxygen atoms in total. The Morgan fingerprint density at radius 3 is 2.21 bits per heavy atom. The normalized spacial score (nSPS) is 10.2. The van der Waals surface area contributed by atoms with Crippen LogP contribution in [-0.2, 0) is 6.42 Å². The molecule has 24 heavy (non-hydrogen) atoms. The van der Waals surface area contributed by atoms with Crippen molar-refractivity contribution >= 4 is 17.5 Å². The van der Waals surface area contributed by atoms with Crippen LogP contribution in [0.4, 0.5) is 5.69 Å². The molecule has 0 aliphatic carbocycles. The van der Waals surface area contributed by atoms with Crippen LogP contribution in [-0.4, -0.2) is 18.4 Å². The molecule has 0 heterocycles. The smallest absolute Gasteiger partial charge is 0.255 e. The molecule has 0 spiro atoms. The Morgan fingerprint density at radius 1 is 0.917 bits per heavy atom. The highest BCUT2D eigenvalue weighted by Gasteiger charge is 2.10. The number of anilines is 1. The third-order valence-corrected chi connectivity index (χ3v) is 3.82. The van der Waals surface area contributed by atoms with Gasteiger partial charge in [0.25, 0.3) is 11.8 Å². The summed E-state index contributed by atoms with van der Waals surface area (Å²) in [6.45, 7) is 4.81. The second-order valence-corrected chi connectivity index (χ2v) is 5.69. The standard InChI is InChI=1S/C20H24N2O2/c1-3-5-13-21-19(23)16-7-6-8-17(14-16)20(24)22-18-11-9-15(4-2)10-12-18/h6-12,14H,3-5,13H2,1-2H3,(H,21,23)(H,22,24). The van der Waals surface area contributed by atoms with E-state index >= 15 is 0 Å². The highest BCUT2D eigenvalue weighted by atomic mass is 16.2. The summed E-state index contributed by atoms with van der Waals surface area (Å²) >= 11 is 0. The Morgan fingerprint density at radius 2 is 1.58 bits per heavy atom. The number of nitrogens with one attached hydrogen (secondary N) is 2. The predicted octanol–water partition coefficient (Wildman–Crippen LogP) is 4.03. The summed E-state index contributed by atoms with van der Waals surface area (Å²) in [5, 5.41) is 5.72. The van der Waals surface area contributed by atoms with Gasteiger partial charge in [0, 0.05) is 23.4 Å². The predicted molar refractivity (Wildman–Crippen MR) is 97.5 cm³/mol. The van der Waals surface area contributed by atoms with E-state index in [0.717, 1.165) is 24.9 Å². The van der Waals surface area contributed by atoms with Gasteiger partial charge in [-0.25, -0.2) is 0 Å². The minimum atomic E-state index is -0.220. The first kappa shape index (κ1) is 17.7. The van der Waals surface area contributed by atoms with E-state index in [1.807, 2.05) is 24.3 Å². The van der Waals surface area contributed by atoms with Gasteiger partial charge < -0.3 is 10.6 Å². The van der Waals surface area contributed by atoms with E-state index in [1.54, 1.807) is 24.3 Å². The minimum absolute atomic E-state index is 0.148. The monoisotopic (exact) mass is 324 g/mol. The lowest BCUT2D eigenvalue weighted by molar-refractivity contribution is 0.0953. The maximum Gasteiger partial charge on any atom is 0.255 e. The molecule has 2 N–H and O–H groups in total. The van der Waals surface area contributed by atoms with Gasteiger partial charge in [-0.15, -0.1) is 0 Å². The fourth-order valence-electron chi connectivity index (χ4n) is 2.31. The van der Waals surface area contributed by atoms with E-state index < -0.39 is 0 Å². The van der Waals surface area contributed by atoms with Gasteiger partial charge in [-0.1, -0.05) is 38.5 Å². The molecule has 0 unspecified atom stereocenters. The molecule has 0 saturated heterocycles. The van der Waals surface area contributed by atoms with E-state index in [1.165, 1.54) is 5.56 Å². The molecule has 0 aromatic heterocycles. The van der Waals surface area contributed by atoms with Crippen LogP contribution in [0.2, 0.25) is 0 Å². The first-order chi connectivity index (χ1) is 11.6. The van der Waals surface area contributed by atoms with Gasteiger partial charge in [-0.2, -0.15) is 0 Å². The number of hydrogen-bond acceptors (Lipinski definition) is 2. The van der Waals surface area contributed by atoms with Crippen LogP contribution in [0, 0.1) is 0 Å². The van der Waals surface area contributed by atoms with E-state index in [-0.39, 0.29) is 11.8 Å². The zero-order valence-electron chi connectivity index (χ0n) is 14.3. The van der Waals surface area contributed by atoms with Crippen molar-refractivity contribution < 1.29 is 9.59 Å². The van der Waals surface area contributed by atoms with Gasteiger partial charge in [0.15, 0.2) is 0 Å². The topological polar surface area (TPSA) is 58.2 Å². The molecule has 0 bridgehead atoms. The molecule has 2 aromatic carbocycles. The van der Waals surface area contributed by atoms with Crippen LogP contribution in [0.25, 0.3) is 0 Å². The van der Waals surface area contributed by atoms with E-state index in [0.29, 0.717) is 17.7 Å². The first-order valence-corrected chi connectivity index (χ1v) is 8.42. The Labute approximate surface area is 143 Å². The molecular weight excluding hydrogens is 300 g/mol. The number of hydrogen-bond donors (Lipinski definition) is 2. The second-order valence-electron chi connectivity index (χ2n) is 5.69. The van der Waals surface area contributed by atoms with Crippen LogP contribution >= 0.6 is 0 Å². The third-order valence-electron chi connectivity index (χ3n) is 3.82. The lowest BCUT2D eigenvalue weighted by atomic mass is 10.1. The molecule has 0 aliphatic rings. The van der Waals surface area contributed by atoms with Gasteiger partial charge in [-0.05, 0) is 48.7 Å². The van der Waals surface area contributed by atoms with Crippen LogP contribution in [0.5, 0.6) is 0 Å². The molecule has 0 radical (unpaired) electrons. The van der Waals surface area contributed by atoms with Crippen LogP contribution in [0.3, 0.4) is 0 Å². The molecule has 2 amide bonds. The zero-order chi connectivity index (χ0) is 17.4. The van der Waals surface area contributed by atoms with Crippen LogP contribution in [0.1, 0.15) is 53.0 Å². The highest BCUT2D eigenvalue weighted by molar-refractivity contribution is 6.06. The lowest BCUT2D eigenvalue weighted by Crippen LogP contribution is -2.24. The number of amides is 2. The van der Waals surface area contributed by atoms with E-state index in [9.17, 15) is 9.59 Å². The van der Waals surface area contributed by atoms with Crippen molar-refractivity contribution in [3.05, 3.63) is 65.2 Å². The van der Waals surface area contributed by atoms with Crippen molar-refractivity contribution in [1.82, 2.24) is 5.32 Å². The van der Waals surface area contributed by atoms with Crippen molar-refractivity contribution in [2.75, 3.05) is 11.9 Å². The van der Waals surface area contributed by atoms with Crippen molar-refractivity contribution in [3.8, 4) is 0 Å². The minimum Gasteiger partial charge on any atom is -0.352 e. The van der Waals surface area contributed by atoms with E-state index in [2.05, 4.69) is 24.5 Å².